The number of carbonyl (C=O) groups is 3. The first-order valence-corrected chi connectivity index (χ1v) is 13.0. The SMILES string of the molecule is NC(N)=NC1CCC2OCCC(NCC(=O)NC[C@H](NC(=O)C3C(Cl)CCCC3Cl)C(=O)O)C2C1. The van der Waals surface area contributed by atoms with Gasteiger partial charge in [-0.25, -0.2) is 4.79 Å². The molecule has 3 rings (SSSR count). The fourth-order valence-corrected chi connectivity index (χ4v) is 6.28. The molecule has 11 nitrogen and oxygen atoms in total. The van der Waals surface area contributed by atoms with Gasteiger partial charge >= 0.3 is 5.97 Å². The molecule has 7 atom stereocenters. The van der Waals surface area contributed by atoms with Crippen LogP contribution in [-0.2, 0) is 19.1 Å². The van der Waals surface area contributed by atoms with Crippen molar-refractivity contribution in [2.75, 3.05) is 19.7 Å². The molecule has 8 N–H and O–H groups in total. The summed E-state index contributed by atoms with van der Waals surface area (Å²) in [4.78, 5) is 41.1. The minimum atomic E-state index is -1.28. The molecule has 2 saturated carbocycles. The van der Waals surface area contributed by atoms with Crippen molar-refractivity contribution in [2.24, 2.45) is 28.3 Å². The molecule has 0 radical (unpaired) electrons. The van der Waals surface area contributed by atoms with Crippen LogP contribution in [0, 0.1) is 11.8 Å². The molecular weight excluding hydrogens is 499 g/mol. The number of ether oxygens (including phenoxy) is 1. The molecule has 198 valence electrons. The van der Waals surface area contributed by atoms with Crippen molar-refractivity contribution >= 4 is 46.9 Å². The van der Waals surface area contributed by atoms with E-state index in [9.17, 15) is 19.5 Å². The third-order valence-corrected chi connectivity index (χ3v) is 8.08. The second kappa shape index (κ2) is 12.9. The number of alkyl halides is 2. The minimum absolute atomic E-state index is 0.0112. The zero-order chi connectivity index (χ0) is 25.5. The van der Waals surface area contributed by atoms with Crippen molar-refractivity contribution in [3.05, 3.63) is 0 Å². The first-order valence-electron chi connectivity index (χ1n) is 12.2. The molecule has 2 aliphatic carbocycles. The van der Waals surface area contributed by atoms with Gasteiger partial charge in [-0.05, 0) is 38.5 Å². The van der Waals surface area contributed by atoms with Crippen LogP contribution in [0.5, 0.6) is 0 Å². The van der Waals surface area contributed by atoms with E-state index in [1.807, 2.05) is 0 Å². The van der Waals surface area contributed by atoms with Crippen LogP contribution in [0.25, 0.3) is 0 Å². The van der Waals surface area contributed by atoms with Crippen LogP contribution in [0.2, 0.25) is 0 Å². The third-order valence-electron chi connectivity index (χ3n) is 7.10. The molecule has 0 aromatic heterocycles. The topological polar surface area (TPSA) is 181 Å². The lowest BCUT2D eigenvalue weighted by atomic mass is 9.76. The van der Waals surface area contributed by atoms with Gasteiger partial charge in [0.05, 0.1) is 24.6 Å². The molecular formula is C22H36Cl2N6O5. The average molecular weight is 535 g/mol. The summed E-state index contributed by atoms with van der Waals surface area (Å²) in [7, 11) is 0. The van der Waals surface area contributed by atoms with Gasteiger partial charge in [0.15, 0.2) is 5.96 Å². The summed E-state index contributed by atoms with van der Waals surface area (Å²) >= 11 is 12.5. The second-order valence-corrected chi connectivity index (χ2v) is 10.7. The maximum Gasteiger partial charge on any atom is 0.328 e. The summed E-state index contributed by atoms with van der Waals surface area (Å²) in [5.74, 6) is -2.56. The van der Waals surface area contributed by atoms with Gasteiger partial charge in [-0.3, -0.25) is 14.6 Å². The number of carbonyl (C=O) groups excluding carboxylic acids is 2. The summed E-state index contributed by atoms with van der Waals surface area (Å²) in [5, 5.41) is 17.0. The van der Waals surface area contributed by atoms with Gasteiger partial charge in [0.25, 0.3) is 0 Å². The van der Waals surface area contributed by atoms with E-state index in [1.165, 1.54) is 0 Å². The molecule has 1 saturated heterocycles. The van der Waals surface area contributed by atoms with Crippen LogP contribution in [0.15, 0.2) is 4.99 Å². The normalized spacial score (nSPS) is 33.6. The Morgan fingerprint density at radius 1 is 1.09 bits per heavy atom. The van der Waals surface area contributed by atoms with E-state index < -0.39 is 34.6 Å². The molecule has 0 aromatic rings. The first-order chi connectivity index (χ1) is 16.7. The maximum absolute atomic E-state index is 12.6. The second-order valence-electron chi connectivity index (χ2n) is 9.56. The van der Waals surface area contributed by atoms with E-state index in [-0.39, 0.29) is 49.1 Å². The van der Waals surface area contributed by atoms with Gasteiger partial charge in [-0.2, -0.15) is 0 Å². The number of nitrogens with two attached hydrogens (primary N) is 2. The lowest BCUT2D eigenvalue weighted by molar-refractivity contribution is -0.142. The molecule has 35 heavy (non-hydrogen) atoms. The number of carboxylic acids is 1. The molecule has 2 amide bonds. The summed E-state index contributed by atoms with van der Waals surface area (Å²) in [6, 6.07) is -1.20. The lowest BCUT2D eigenvalue weighted by Gasteiger charge is -2.43. The molecule has 0 bridgehead atoms. The minimum Gasteiger partial charge on any atom is -0.480 e. The van der Waals surface area contributed by atoms with E-state index >= 15 is 0 Å². The number of nitrogens with zero attached hydrogens (tertiary/aromatic N) is 1. The quantitative estimate of drug-likeness (QED) is 0.134. The number of rotatable bonds is 9. The molecule has 13 heteroatoms. The van der Waals surface area contributed by atoms with Gasteiger partial charge in [0.1, 0.15) is 6.04 Å². The fourth-order valence-electron chi connectivity index (χ4n) is 5.32. The monoisotopic (exact) mass is 534 g/mol. The Morgan fingerprint density at radius 2 is 1.80 bits per heavy atom. The number of aliphatic carboxylic acids is 1. The molecule has 6 unspecified atom stereocenters. The van der Waals surface area contributed by atoms with E-state index in [4.69, 9.17) is 39.4 Å². The largest absolute Gasteiger partial charge is 0.480 e. The molecule has 3 fully saturated rings. The predicted molar refractivity (Wildman–Crippen MR) is 132 cm³/mol. The Balaban J connectivity index is 1.47. The number of amides is 2. The van der Waals surface area contributed by atoms with Crippen LogP contribution in [-0.4, -0.2) is 83.5 Å². The van der Waals surface area contributed by atoms with Crippen molar-refractivity contribution in [1.29, 1.82) is 0 Å². The Kier molecular flexibility index (Phi) is 10.3. The fraction of sp³-hybridized carbons (Fsp3) is 0.818. The first kappa shape index (κ1) is 27.8. The van der Waals surface area contributed by atoms with Crippen LogP contribution in [0.3, 0.4) is 0 Å². The molecule has 1 heterocycles. The van der Waals surface area contributed by atoms with E-state index in [0.29, 0.717) is 19.4 Å². The Hall–Kier alpha value is -1.82. The van der Waals surface area contributed by atoms with Gasteiger partial charge in [-0.1, -0.05) is 6.42 Å². The smallest absolute Gasteiger partial charge is 0.328 e. The molecule has 3 aliphatic rings. The lowest BCUT2D eigenvalue weighted by Crippen LogP contribution is -2.55. The van der Waals surface area contributed by atoms with E-state index in [2.05, 4.69) is 20.9 Å². The van der Waals surface area contributed by atoms with Crippen molar-refractivity contribution in [3.63, 3.8) is 0 Å². The summed E-state index contributed by atoms with van der Waals surface area (Å²) in [5.41, 5.74) is 11.1. The molecule has 0 spiro atoms. The van der Waals surface area contributed by atoms with Gasteiger partial charge in [0, 0.05) is 35.9 Å². The summed E-state index contributed by atoms with van der Waals surface area (Å²) in [6.45, 7) is 0.364. The Labute approximate surface area is 215 Å². The third kappa shape index (κ3) is 7.83. The van der Waals surface area contributed by atoms with E-state index in [0.717, 1.165) is 32.1 Å². The number of carboxylic acid groups (broad SMARTS) is 1. The maximum atomic E-state index is 12.6. The average Bonchev–Trinajstić information content (AvgIpc) is 2.79. The highest BCUT2D eigenvalue weighted by molar-refractivity contribution is 6.26. The number of fused-ring (bicyclic) bond motifs is 1. The zero-order valence-corrected chi connectivity index (χ0v) is 21.1. The molecule has 0 aromatic carbocycles. The van der Waals surface area contributed by atoms with Crippen LogP contribution in [0.1, 0.15) is 44.9 Å². The van der Waals surface area contributed by atoms with Crippen LogP contribution in [0.4, 0.5) is 0 Å². The summed E-state index contributed by atoms with van der Waals surface area (Å²) < 4.78 is 5.90. The number of halogens is 2. The van der Waals surface area contributed by atoms with Crippen molar-refractivity contribution < 1.29 is 24.2 Å². The number of nitrogens with one attached hydrogen (secondary N) is 3. The highest BCUT2D eigenvalue weighted by Crippen LogP contribution is 2.35. The van der Waals surface area contributed by atoms with Crippen molar-refractivity contribution in [3.8, 4) is 0 Å². The van der Waals surface area contributed by atoms with Crippen LogP contribution < -0.4 is 27.4 Å². The summed E-state index contributed by atoms with van der Waals surface area (Å²) in [6.07, 6.45) is 5.41. The zero-order valence-electron chi connectivity index (χ0n) is 19.6. The number of aliphatic imine (C=N–C) groups is 1. The predicted octanol–water partition coefficient (Wildman–Crippen LogP) is -0.124. The van der Waals surface area contributed by atoms with Crippen molar-refractivity contribution in [1.82, 2.24) is 16.0 Å². The Bertz CT molecular complexity index is 788. The number of hydrogen-bond donors (Lipinski definition) is 6. The van der Waals surface area contributed by atoms with E-state index in [1.54, 1.807) is 0 Å². The molecule has 1 aliphatic heterocycles. The van der Waals surface area contributed by atoms with Gasteiger partial charge < -0.3 is 37.3 Å². The van der Waals surface area contributed by atoms with Crippen LogP contribution >= 0.6 is 23.2 Å². The highest BCUT2D eigenvalue weighted by atomic mass is 35.5. The van der Waals surface area contributed by atoms with Gasteiger partial charge in [-0.15, -0.1) is 23.2 Å². The number of hydrogen-bond acceptors (Lipinski definition) is 6. The Morgan fingerprint density at radius 3 is 2.46 bits per heavy atom. The van der Waals surface area contributed by atoms with Crippen molar-refractivity contribution in [2.45, 2.75) is 79.9 Å². The standard InChI is InChI=1S/C22H36Cl2N6O5/c23-13-2-1-3-14(24)19(13)20(32)30-16(21(33)34)9-28-18(31)10-27-15-6-7-35-17-5-4-11(8-12(15)17)29-22(25)26/h11-17,19,27H,1-10H2,(H,28,31)(H,30,32)(H,33,34)(H4,25,26,29)/t11?,12?,13?,14?,15?,16-,17?,19?/m0/s1. The highest BCUT2D eigenvalue weighted by Gasteiger charge is 2.40. The number of guanidine groups is 1. The van der Waals surface area contributed by atoms with Gasteiger partial charge in [0.2, 0.25) is 11.8 Å².